The van der Waals surface area contributed by atoms with E-state index in [1.54, 1.807) is 13.8 Å². The summed E-state index contributed by atoms with van der Waals surface area (Å²) >= 11 is 0. The number of nitrogens with zero attached hydrogens (tertiary/aromatic N) is 1. The summed E-state index contributed by atoms with van der Waals surface area (Å²) in [5.41, 5.74) is 3.18. The summed E-state index contributed by atoms with van der Waals surface area (Å²) in [5, 5.41) is 0. The van der Waals surface area contributed by atoms with E-state index in [0.717, 1.165) is 5.69 Å². The highest BCUT2D eigenvalue weighted by molar-refractivity contribution is 6.02. The Balaban J connectivity index is 2.43. The van der Waals surface area contributed by atoms with E-state index >= 15 is 0 Å². The van der Waals surface area contributed by atoms with Crippen molar-refractivity contribution in [3.05, 3.63) is 52.6 Å². The van der Waals surface area contributed by atoms with Gasteiger partial charge in [0.1, 0.15) is 0 Å². The van der Waals surface area contributed by atoms with E-state index in [9.17, 15) is 9.59 Å². The molecule has 0 unspecified atom stereocenters. The Kier molecular flexibility index (Phi) is 4.45. The number of H-pyrrole nitrogens is 1. The standard InChI is InChI=1S/C17H20N2O3/c1-10-8-6-7-9-19(10)13(4)16(20)15-11(2)14(12(3)18-15)17(21)22-5/h6-9,13H,1-5H3/p+1/t13-/m1/s1. The van der Waals surface area contributed by atoms with Crippen molar-refractivity contribution in [1.29, 1.82) is 0 Å². The molecule has 5 nitrogen and oxygen atoms in total. The highest BCUT2D eigenvalue weighted by Gasteiger charge is 2.30. The third kappa shape index (κ3) is 2.66. The average Bonchev–Trinajstić information content (AvgIpc) is 2.80. The molecule has 2 heterocycles. The van der Waals surface area contributed by atoms with Crippen molar-refractivity contribution in [2.24, 2.45) is 0 Å². The van der Waals surface area contributed by atoms with E-state index in [1.807, 2.05) is 42.8 Å². The number of nitrogens with one attached hydrogen (secondary N) is 1. The topological polar surface area (TPSA) is 63.0 Å². The van der Waals surface area contributed by atoms with Crippen LogP contribution in [0.3, 0.4) is 0 Å². The van der Waals surface area contributed by atoms with Crippen LogP contribution in [0.2, 0.25) is 0 Å². The maximum Gasteiger partial charge on any atom is 0.339 e. The quantitative estimate of drug-likeness (QED) is 0.536. The fraction of sp³-hybridized carbons (Fsp3) is 0.353. The van der Waals surface area contributed by atoms with E-state index in [-0.39, 0.29) is 11.8 Å². The van der Waals surface area contributed by atoms with E-state index in [1.165, 1.54) is 7.11 Å². The van der Waals surface area contributed by atoms with Gasteiger partial charge in [-0.2, -0.15) is 4.57 Å². The molecule has 1 atom stereocenters. The van der Waals surface area contributed by atoms with Gasteiger partial charge in [0.25, 0.3) is 0 Å². The van der Waals surface area contributed by atoms with E-state index in [2.05, 4.69) is 4.98 Å². The Bertz CT molecular complexity index is 732. The van der Waals surface area contributed by atoms with Gasteiger partial charge in [0.2, 0.25) is 11.8 Å². The third-order valence-electron chi connectivity index (χ3n) is 3.97. The molecule has 1 N–H and O–H groups in total. The lowest BCUT2D eigenvalue weighted by Gasteiger charge is -2.08. The molecular weight excluding hydrogens is 280 g/mol. The number of ether oxygens (including phenoxy) is 1. The Hall–Kier alpha value is -2.43. The number of ketones is 1. The monoisotopic (exact) mass is 301 g/mol. The number of Topliss-reactive ketones (excluding diaryl/α,β-unsaturated/α-hetero) is 1. The van der Waals surface area contributed by atoms with Crippen molar-refractivity contribution < 1.29 is 18.9 Å². The predicted molar refractivity (Wildman–Crippen MR) is 82.0 cm³/mol. The minimum Gasteiger partial charge on any atom is -0.465 e. The van der Waals surface area contributed by atoms with Crippen LogP contribution >= 0.6 is 0 Å². The first-order valence-corrected chi connectivity index (χ1v) is 7.17. The molecule has 0 aliphatic carbocycles. The summed E-state index contributed by atoms with van der Waals surface area (Å²) in [5.74, 6) is -0.489. The zero-order chi connectivity index (χ0) is 16.4. The first kappa shape index (κ1) is 15.9. The van der Waals surface area contributed by atoms with Crippen LogP contribution in [-0.4, -0.2) is 23.8 Å². The fourth-order valence-corrected chi connectivity index (χ4v) is 2.72. The van der Waals surface area contributed by atoms with Gasteiger partial charge < -0.3 is 9.72 Å². The first-order valence-electron chi connectivity index (χ1n) is 7.17. The lowest BCUT2D eigenvalue weighted by Crippen LogP contribution is -2.44. The van der Waals surface area contributed by atoms with Crippen LogP contribution in [0.25, 0.3) is 0 Å². The van der Waals surface area contributed by atoms with Crippen LogP contribution in [0.5, 0.6) is 0 Å². The molecule has 116 valence electrons. The van der Waals surface area contributed by atoms with Gasteiger partial charge in [-0.15, -0.1) is 0 Å². The molecule has 0 aliphatic heterocycles. The van der Waals surface area contributed by atoms with Gasteiger partial charge in [0, 0.05) is 31.7 Å². The summed E-state index contributed by atoms with van der Waals surface area (Å²) in [6.07, 6.45) is 1.88. The molecule has 0 bridgehead atoms. The van der Waals surface area contributed by atoms with Crippen molar-refractivity contribution in [2.75, 3.05) is 7.11 Å². The van der Waals surface area contributed by atoms with Gasteiger partial charge in [-0.05, 0) is 19.4 Å². The number of carbonyl (C=O) groups is 2. The number of aromatic amines is 1. The Morgan fingerprint density at radius 2 is 1.91 bits per heavy atom. The van der Waals surface area contributed by atoms with Crippen molar-refractivity contribution in [1.82, 2.24) is 4.98 Å². The maximum absolute atomic E-state index is 12.8. The van der Waals surface area contributed by atoms with Crippen molar-refractivity contribution in [2.45, 2.75) is 33.7 Å². The fourth-order valence-electron chi connectivity index (χ4n) is 2.72. The smallest absolute Gasteiger partial charge is 0.339 e. The van der Waals surface area contributed by atoms with Gasteiger partial charge in [-0.3, -0.25) is 4.79 Å². The van der Waals surface area contributed by atoms with Gasteiger partial charge in [-0.1, -0.05) is 6.07 Å². The summed E-state index contributed by atoms with van der Waals surface area (Å²) < 4.78 is 6.69. The second kappa shape index (κ2) is 6.13. The summed E-state index contributed by atoms with van der Waals surface area (Å²) in [4.78, 5) is 27.7. The lowest BCUT2D eigenvalue weighted by molar-refractivity contribution is -0.710. The maximum atomic E-state index is 12.8. The van der Waals surface area contributed by atoms with Gasteiger partial charge in [0.15, 0.2) is 11.9 Å². The molecule has 0 spiro atoms. The normalized spacial score (nSPS) is 12.0. The predicted octanol–water partition coefficient (Wildman–Crippen LogP) is 2.46. The molecule has 0 amide bonds. The van der Waals surface area contributed by atoms with E-state index in [0.29, 0.717) is 22.5 Å². The molecule has 0 aliphatic rings. The largest absolute Gasteiger partial charge is 0.465 e. The Labute approximate surface area is 129 Å². The number of aryl methyl sites for hydroxylation is 2. The van der Waals surface area contributed by atoms with E-state index in [4.69, 9.17) is 4.74 Å². The van der Waals surface area contributed by atoms with E-state index < -0.39 is 5.97 Å². The van der Waals surface area contributed by atoms with Gasteiger partial charge in [0.05, 0.1) is 18.4 Å². The lowest BCUT2D eigenvalue weighted by atomic mass is 10.0. The number of methoxy groups -OCH3 is 1. The average molecular weight is 301 g/mol. The first-order chi connectivity index (χ1) is 10.4. The SMILES string of the molecule is COC(=O)c1c(C)[nH]c(C(=O)[C@@H](C)[n+]2ccccc2C)c1C. The summed E-state index contributed by atoms with van der Waals surface area (Å²) in [6, 6.07) is 5.42. The Morgan fingerprint density at radius 1 is 1.23 bits per heavy atom. The third-order valence-corrected chi connectivity index (χ3v) is 3.97. The molecule has 0 saturated carbocycles. The molecule has 5 heteroatoms. The number of aromatic nitrogens is 2. The van der Waals surface area contributed by atoms with Crippen LogP contribution in [0, 0.1) is 20.8 Å². The number of hydrogen-bond acceptors (Lipinski definition) is 3. The number of pyridine rings is 1. The molecule has 0 aromatic carbocycles. The number of rotatable bonds is 4. The number of esters is 1. The highest BCUT2D eigenvalue weighted by Crippen LogP contribution is 2.21. The zero-order valence-corrected chi connectivity index (χ0v) is 13.6. The van der Waals surface area contributed by atoms with Crippen molar-refractivity contribution >= 4 is 11.8 Å². The molecule has 0 radical (unpaired) electrons. The molecular formula is C17H21N2O3+. The second-order valence-electron chi connectivity index (χ2n) is 5.41. The van der Waals surface area contributed by atoms with Crippen LogP contribution < -0.4 is 4.57 Å². The molecule has 22 heavy (non-hydrogen) atoms. The van der Waals surface area contributed by atoms with Crippen LogP contribution in [0.15, 0.2) is 24.4 Å². The van der Waals surface area contributed by atoms with Crippen LogP contribution in [0.1, 0.15) is 50.8 Å². The summed E-state index contributed by atoms with van der Waals surface area (Å²) in [7, 11) is 1.33. The van der Waals surface area contributed by atoms with Gasteiger partial charge >= 0.3 is 5.97 Å². The second-order valence-corrected chi connectivity index (χ2v) is 5.41. The number of carbonyl (C=O) groups excluding carboxylic acids is 2. The highest BCUT2D eigenvalue weighted by atomic mass is 16.5. The summed E-state index contributed by atoms with van der Waals surface area (Å²) in [6.45, 7) is 7.33. The number of hydrogen-bond donors (Lipinski definition) is 1. The van der Waals surface area contributed by atoms with Gasteiger partial charge in [-0.25, -0.2) is 4.79 Å². The molecule has 0 fully saturated rings. The Morgan fingerprint density at radius 3 is 2.50 bits per heavy atom. The molecule has 2 aromatic rings. The minimum absolute atomic E-state index is 0.0601. The van der Waals surface area contributed by atoms with Crippen LogP contribution in [0.4, 0.5) is 0 Å². The van der Waals surface area contributed by atoms with Crippen molar-refractivity contribution in [3.8, 4) is 0 Å². The minimum atomic E-state index is -0.429. The zero-order valence-electron chi connectivity index (χ0n) is 13.6. The molecule has 2 rings (SSSR count). The van der Waals surface area contributed by atoms with Crippen molar-refractivity contribution in [3.63, 3.8) is 0 Å². The molecule has 2 aromatic heterocycles. The van der Waals surface area contributed by atoms with Crippen LogP contribution in [-0.2, 0) is 4.74 Å². The molecule has 0 saturated heterocycles.